The van der Waals surface area contributed by atoms with Crippen LogP contribution in [0.3, 0.4) is 0 Å². The Balaban J connectivity index is 2.80. The van der Waals surface area contributed by atoms with Crippen molar-refractivity contribution < 1.29 is 19.4 Å². The molecule has 0 bridgehead atoms. The first-order valence-electron chi connectivity index (χ1n) is 6.13. The molecule has 0 saturated carbocycles. The molecule has 21 heavy (non-hydrogen) atoms. The largest absolute Gasteiger partial charge is 0.466 e. The third-order valence-corrected chi connectivity index (χ3v) is 2.53. The molecular weight excluding hydrogens is 280 g/mol. The molecule has 0 radical (unpaired) electrons. The average molecular weight is 294 g/mol. The quantitative estimate of drug-likeness (QED) is 0.330. The Morgan fingerprint density at radius 1 is 1.33 bits per heavy atom. The molecule has 0 aromatic heterocycles. The first-order chi connectivity index (χ1) is 9.90. The maximum atomic E-state index is 10.9. The topological polar surface area (TPSA) is 113 Å². The van der Waals surface area contributed by atoms with Gasteiger partial charge in [0.15, 0.2) is 0 Å². The van der Waals surface area contributed by atoms with Crippen molar-refractivity contribution in [3.63, 3.8) is 0 Å². The Labute approximate surface area is 120 Å². The van der Waals surface area contributed by atoms with E-state index in [0.29, 0.717) is 12.0 Å². The predicted molar refractivity (Wildman–Crippen MR) is 73.9 cm³/mol. The molecule has 0 spiro atoms. The van der Waals surface area contributed by atoms with Crippen LogP contribution in [-0.2, 0) is 9.53 Å². The number of nitrogens with zero attached hydrogens (tertiary/aromatic N) is 2. The van der Waals surface area contributed by atoms with E-state index >= 15 is 0 Å². The van der Waals surface area contributed by atoms with Crippen molar-refractivity contribution in [2.24, 2.45) is 0 Å². The van der Waals surface area contributed by atoms with E-state index in [1.807, 2.05) is 0 Å². The van der Waals surface area contributed by atoms with Crippen LogP contribution in [0.15, 0.2) is 30.0 Å². The molecule has 1 aromatic carbocycles. The lowest BCUT2D eigenvalue weighted by Crippen LogP contribution is -2.04. The standard InChI is InChI=1S/C13H14N2O6/c1-10(16)21-7-3-6-13(15(19)20)9-11-4-2-5-12(8-11)14(17)18/h2,4-5,8-9H,3,6-7H2,1H3. The highest BCUT2D eigenvalue weighted by Gasteiger charge is 2.12. The van der Waals surface area contributed by atoms with Gasteiger partial charge in [-0.2, -0.15) is 0 Å². The molecule has 0 N–H and O–H groups in total. The molecule has 0 saturated heterocycles. The molecule has 8 nitrogen and oxygen atoms in total. The zero-order valence-electron chi connectivity index (χ0n) is 11.4. The first-order valence-corrected chi connectivity index (χ1v) is 6.13. The fourth-order valence-corrected chi connectivity index (χ4v) is 1.61. The highest BCUT2D eigenvalue weighted by molar-refractivity contribution is 5.65. The summed E-state index contributed by atoms with van der Waals surface area (Å²) in [5.74, 6) is -0.444. The fourth-order valence-electron chi connectivity index (χ4n) is 1.61. The van der Waals surface area contributed by atoms with Crippen LogP contribution in [0.25, 0.3) is 6.08 Å². The average Bonchev–Trinajstić information content (AvgIpc) is 2.42. The summed E-state index contributed by atoms with van der Waals surface area (Å²) in [5.41, 5.74) is 0.150. The van der Waals surface area contributed by atoms with Crippen LogP contribution in [0.2, 0.25) is 0 Å². The van der Waals surface area contributed by atoms with Gasteiger partial charge in [-0.05, 0) is 12.0 Å². The first kappa shape index (κ1) is 16.3. The van der Waals surface area contributed by atoms with Crippen LogP contribution in [0.4, 0.5) is 5.69 Å². The van der Waals surface area contributed by atoms with Gasteiger partial charge in [-0.3, -0.25) is 25.0 Å². The second kappa shape index (κ2) is 7.73. The molecule has 1 aromatic rings. The minimum Gasteiger partial charge on any atom is -0.466 e. The van der Waals surface area contributed by atoms with Gasteiger partial charge >= 0.3 is 5.97 Å². The van der Waals surface area contributed by atoms with Crippen molar-refractivity contribution in [1.82, 2.24) is 0 Å². The van der Waals surface area contributed by atoms with Crippen molar-refractivity contribution >= 4 is 17.7 Å². The van der Waals surface area contributed by atoms with Crippen LogP contribution in [0.1, 0.15) is 25.3 Å². The molecule has 112 valence electrons. The molecular formula is C13H14N2O6. The number of hydrogen-bond acceptors (Lipinski definition) is 6. The Morgan fingerprint density at radius 2 is 2.05 bits per heavy atom. The number of hydrogen-bond donors (Lipinski definition) is 0. The smallest absolute Gasteiger partial charge is 0.302 e. The monoisotopic (exact) mass is 294 g/mol. The molecule has 0 unspecified atom stereocenters. The van der Waals surface area contributed by atoms with Crippen LogP contribution in [0, 0.1) is 20.2 Å². The normalized spacial score (nSPS) is 11.0. The predicted octanol–water partition coefficient (Wildman–Crippen LogP) is 2.56. The molecule has 1 rings (SSSR count). The Kier molecular flexibility index (Phi) is 5.99. The Bertz CT molecular complexity index is 582. The van der Waals surface area contributed by atoms with E-state index in [1.165, 1.54) is 31.2 Å². The highest BCUT2D eigenvalue weighted by atomic mass is 16.6. The van der Waals surface area contributed by atoms with Crippen LogP contribution >= 0.6 is 0 Å². The van der Waals surface area contributed by atoms with Gasteiger partial charge in [0.25, 0.3) is 5.69 Å². The maximum absolute atomic E-state index is 10.9. The van der Waals surface area contributed by atoms with E-state index in [9.17, 15) is 25.0 Å². The summed E-state index contributed by atoms with van der Waals surface area (Å²) >= 11 is 0. The number of nitro benzene ring substituents is 1. The Morgan fingerprint density at radius 3 is 2.62 bits per heavy atom. The van der Waals surface area contributed by atoms with E-state index in [2.05, 4.69) is 0 Å². The lowest BCUT2D eigenvalue weighted by Gasteiger charge is -2.01. The molecule has 0 amide bonds. The summed E-state index contributed by atoms with van der Waals surface area (Å²) in [4.78, 5) is 31.1. The van der Waals surface area contributed by atoms with Gasteiger partial charge in [0.1, 0.15) is 0 Å². The minimum absolute atomic E-state index is 0.0927. The summed E-state index contributed by atoms with van der Waals surface area (Å²) in [6, 6.07) is 5.57. The van der Waals surface area contributed by atoms with E-state index < -0.39 is 15.8 Å². The molecule has 8 heteroatoms. The van der Waals surface area contributed by atoms with Gasteiger partial charge in [-0.25, -0.2) is 0 Å². The van der Waals surface area contributed by atoms with Gasteiger partial charge in [0.05, 0.1) is 16.5 Å². The van der Waals surface area contributed by atoms with Crippen LogP contribution < -0.4 is 0 Å². The molecule has 0 heterocycles. The van der Waals surface area contributed by atoms with Crippen molar-refractivity contribution in [2.45, 2.75) is 19.8 Å². The number of nitro groups is 2. The number of ether oxygens (including phenoxy) is 1. The van der Waals surface area contributed by atoms with Gasteiger partial charge in [0.2, 0.25) is 5.70 Å². The van der Waals surface area contributed by atoms with Gasteiger partial charge in [-0.1, -0.05) is 12.1 Å². The third-order valence-electron chi connectivity index (χ3n) is 2.53. The van der Waals surface area contributed by atoms with E-state index in [0.717, 1.165) is 0 Å². The number of carbonyl (C=O) groups excluding carboxylic acids is 1. The van der Waals surface area contributed by atoms with Crippen LogP contribution in [0.5, 0.6) is 0 Å². The number of allylic oxidation sites excluding steroid dienone is 1. The third kappa shape index (κ3) is 5.81. The highest BCUT2D eigenvalue weighted by Crippen LogP contribution is 2.17. The summed E-state index contributed by atoms with van der Waals surface area (Å²) < 4.78 is 4.69. The van der Waals surface area contributed by atoms with Gasteiger partial charge in [0, 0.05) is 31.6 Å². The van der Waals surface area contributed by atoms with Crippen LogP contribution in [-0.4, -0.2) is 22.4 Å². The fraction of sp³-hybridized carbons (Fsp3) is 0.308. The number of carbonyl (C=O) groups is 1. The lowest BCUT2D eigenvalue weighted by molar-refractivity contribution is -0.426. The SMILES string of the molecule is CC(=O)OCCCC(=Cc1cccc([N+](=O)[O-])c1)[N+](=O)[O-]. The molecule has 0 aliphatic rings. The zero-order chi connectivity index (χ0) is 15.8. The van der Waals surface area contributed by atoms with Gasteiger partial charge in [-0.15, -0.1) is 0 Å². The number of rotatable bonds is 7. The van der Waals surface area contributed by atoms with Gasteiger partial charge < -0.3 is 4.74 Å². The molecule has 0 aliphatic carbocycles. The second-order valence-electron chi connectivity index (χ2n) is 4.19. The summed E-state index contributed by atoms with van der Waals surface area (Å²) in [6.07, 6.45) is 1.69. The van der Waals surface area contributed by atoms with Crippen molar-refractivity contribution in [3.8, 4) is 0 Å². The summed E-state index contributed by atoms with van der Waals surface area (Å²) in [7, 11) is 0. The number of non-ortho nitro benzene ring substituents is 1. The lowest BCUT2D eigenvalue weighted by atomic mass is 10.1. The van der Waals surface area contributed by atoms with E-state index in [-0.39, 0.29) is 24.4 Å². The minimum atomic E-state index is -0.566. The maximum Gasteiger partial charge on any atom is 0.302 e. The van der Waals surface area contributed by atoms with Crippen molar-refractivity contribution in [2.75, 3.05) is 6.61 Å². The Hall–Kier alpha value is -2.77. The number of esters is 1. The zero-order valence-corrected chi connectivity index (χ0v) is 11.4. The van der Waals surface area contributed by atoms with E-state index in [1.54, 1.807) is 6.07 Å². The molecule has 0 fully saturated rings. The van der Waals surface area contributed by atoms with Crippen molar-refractivity contribution in [3.05, 3.63) is 55.8 Å². The van der Waals surface area contributed by atoms with E-state index in [4.69, 9.17) is 4.74 Å². The number of benzene rings is 1. The molecule has 0 atom stereocenters. The second-order valence-corrected chi connectivity index (χ2v) is 4.19. The van der Waals surface area contributed by atoms with Crippen molar-refractivity contribution in [1.29, 1.82) is 0 Å². The summed E-state index contributed by atoms with van der Waals surface area (Å²) in [6.45, 7) is 1.35. The summed E-state index contributed by atoms with van der Waals surface area (Å²) in [5, 5.41) is 21.6. The molecule has 0 aliphatic heterocycles.